The summed E-state index contributed by atoms with van der Waals surface area (Å²) in [6.45, 7) is 6.66. The van der Waals surface area contributed by atoms with E-state index in [0.29, 0.717) is 6.04 Å². The van der Waals surface area contributed by atoms with E-state index in [-0.39, 0.29) is 0 Å². The van der Waals surface area contributed by atoms with E-state index < -0.39 is 0 Å². The number of rotatable bonds is 8. The van der Waals surface area contributed by atoms with Gasteiger partial charge in [0, 0.05) is 19.3 Å². The summed E-state index contributed by atoms with van der Waals surface area (Å²) in [6, 6.07) is 0.707. The summed E-state index contributed by atoms with van der Waals surface area (Å²) in [5.41, 5.74) is 0. The van der Waals surface area contributed by atoms with E-state index in [1.807, 2.05) is 0 Å². The molecule has 0 aliphatic carbocycles. The van der Waals surface area contributed by atoms with Gasteiger partial charge >= 0.3 is 0 Å². The molecule has 1 N–H and O–H groups in total. The van der Waals surface area contributed by atoms with Crippen molar-refractivity contribution in [1.29, 1.82) is 0 Å². The highest BCUT2D eigenvalue weighted by Crippen LogP contribution is 2.23. The van der Waals surface area contributed by atoms with Crippen LogP contribution in [-0.4, -0.2) is 26.3 Å². The van der Waals surface area contributed by atoms with Crippen molar-refractivity contribution in [3.63, 3.8) is 0 Å². The molecule has 0 saturated carbocycles. The Balaban J connectivity index is 2.02. The molecule has 0 aromatic rings. The van der Waals surface area contributed by atoms with Crippen LogP contribution in [-0.2, 0) is 4.74 Å². The lowest BCUT2D eigenvalue weighted by Crippen LogP contribution is -2.31. The minimum atomic E-state index is 0.707. The molecule has 1 rings (SSSR count). The summed E-state index contributed by atoms with van der Waals surface area (Å²) in [6.07, 6.45) is 9.45. The van der Waals surface area contributed by atoms with Gasteiger partial charge in [-0.05, 0) is 44.6 Å². The Morgan fingerprint density at radius 2 is 1.94 bits per heavy atom. The lowest BCUT2D eigenvalue weighted by atomic mass is 9.90. The van der Waals surface area contributed by atoms with Crippen LogP contribution in [0.5, 0.6) is 0 Å². The monoisotopic (exact) mass is 241 g/mol. The number of nitrogens with one attached hydrogen (secondary N) is 1. The zero-order valence-electron chi connectivity index (χ0n) is 12.0. The fourth-order valence-corrected chi connectivity index (χ4v) is 3.03. The maximum absolute atomic E-state index is 5.40. The number of hydrogen-bond acceptors (Lipinski definition) is 2. The zero-order chi connectivity index (χ0) is 12.5. The van der Waals surface area contributed by atoms with Gasteiger partial charge in [0.25, 0.3) is 0 Å². The quantitative estimate of drug-likeness (QED) is 0.656. The molecule has 1 fully saturated rings. The molecule has 1 aliphatic rings. The largest absolute Gasteiger partial charge is 0.381 e. The van der Waals surface area contributed by atoms with Crippen LogP contribution < -0.4 is 5.32 Å². The van der Waals surface area contributed by atoms with Crippen molar-refractivity contribution < 1.29 is 4.74 Å². The van der Waals surface area contributed by atoms with Crippen LogP contribution in [0.3, 0.4) is 0 Å². The van der Waals surface area contributed by atoms with Crippen LogP contribution in [0, 0.1) is 11.8 Å². The lowest BCUT2D eigenvalue weighted by molar-refractivity contribution is 0.0630. The molecular formula is C15H31NO. The average Bonchev–Trinajstić information content (AvgIpc) is 2.37. The molecule has 102 valence electrons. The van der Waals surface area contributed by atoms with Crippen LogP contribution in [0.15, 0.2) is 0 Å². The molecule has 0 amide bonds. The van der Waals surface area contributed by atoms with Gasteiger partial charge in [-0.15, -0.1) is 0 Å². The van der Waals surface area contributed by atoms with Crippen LogP contribution >= 0.6 is 0 Å². The Morgan fingerprint density at radius 3 is 2.53 bits per heavy atom. The molecule has 1 saturated heterocycles. The summed E-state index contributed by atoms with van der Waals surface area (Å²) in [5.74, 6) is 1.77. The van der Waals surface area contributed by atoms with Crippen molar-refractivity contribution in [2.24, 2.45) is 11.8 Å². The predicted octanol–water partition coefficient (Wildman–Crippen LogP) is 3.61. The second kappa shape index (κ2) is 8.93. The molecule has 2 nitrogen and oxygen atoms in total. The molecule has 0 aromatic carbocycles. The molecule has 2 heteroatoms. The summed E-state index contributed by atoms with van der Waals surface area (Å²) >= 11 is 0. The van der Waals surface area contributed by atoms with Crippen LogP contribution in [0.2, 0.25) is 0 Å². The number of unbranched alkanes of at least 4 members (excludes halogenated alkanes) is 1. The highest BCUT2D eigenvalue weighted by atomic mass is 16.5. The Labute approximate surface area is 108 Å². The first-order valence-electron chi connectivity index (χ1n) is 7.53. The first-order valence-corrected chi connectivity index (χ1v) is 7.53. The lowest BCUT2D eigenvalue weighted by Gasteiger charge is -2.24. The molecule has 0 radical (unpaired) electrons. The van der Waals surface area contributed by atoms with Crippen LogP contribution in [0.4, 0.5) is 0 Å². The molecule has 2 unspecified atom stereocenters. The van der Waals surface area contributed by atoms with Gasteiger partial charge < -0.3 is 10.1 Å². The van der Waals surface area contributed by atoms with Gasteiger partial charge in [0.2, 0.25) is 0 Å². The second-order valence-electron chi connectivity index (χ2n) is 5.62. The van der Waals surface area contributed by atoms with E-state index >= 15 is 0 Å². The van der Waals surface area contributed by atoms with Crippen molar-refractivity contribution in [2.75, 3.05) is 20.3 Å². The predicted molar refractivity (Wildman–Crippen MR) is 74.3 cm³/mol. The molecule has 0 spiro atoms. The van der Waals surface area contributed by atoms with Crippen molar-refractivity contribution in [1.82, 2.24) is 5.32 Å². The smallest absolute Gasteiger partial charge is 0.0468 e. The summed E-state index contributed by atoms with van der Waals surface area (Å²) in [4.78, 5) is 0. The SMILES string of the molecule is CCC(NC)C(C)CCCCC1CCOCC1. The van der Waals surface area contributed by atoms with Crippen molar-refractivity contribution in [2.45, 2.75) is 64.8 Å². The van der Waals surface area contributed by atoms with E-state index in [9.17, 15) is 0 Å². The molecule has 1 aliphatic heterocycles. The first kappa shape index (κ1) is 15.0. The van der Waals surface area contributed by atoms with Gasteiger partial charge in [0.1, 0.15) is 0 Å². The third kappa shape index (κ3) is 5.87. The fraction of sp³-hybridized carbons (Fsp3) is 1.00. The van der Waals surface area contributed by atoms with E-state index in [1.54, 1.807) is 0 Å². The summed E-state index contributed by atoms with van der Waals surface area (Å²) in [7, 11) is 2.09. The van der Waals surface area contributed by atoms with E-state index in [2.05, 4.69) is 26.2 Å². The molecule has 2 atom stereocenters. The Kier molecular flexibility index (Phi) is 7.87. The minimum absolute atomic E-state index is 0.707. The first-order chi connectivity index (χ1) is 8.27. The molecule has 0 aromatic heterocycles. The van der Waals surface area contributed by atoms with E-state index in [4.69, 9.17) is 4.74 Å². The van der Waals surface area contributed by atoms with E-state index in [1.165, 1.54) is 44.9 Å². The third-order valence-corrected chi connectivity index (χ3v) is 4.36. The van der Waals surface area contributed by atoms with Gasteiger partial charge in [-0.1, -0.05) is 33.1 Å². The normalized spacial score (nSPS) is 21.4. The van der Waals surface area contributed by atoms with Crippen molar-refractivity contribution in [3.8, 4) is 0 Å². The highest BCUT2D eigenvalue weighted by molar-refractivity contribution is 4.70. The average molecular weight is 241 g/mol. The topological polar surface area (TPSA) is 21.3 Å². The maximum Gasteiger partial charge on any atom is 0.0468 e. The van der Waals surface area contributed by atoms with Crippen LogP contribution in [0.1, 0.15) is 58.8 Å². The summed E-state index contributed by atoms with van der Waals surface area (Å²) < 4.78 is 5.40. The van der Waals surface area contributed by atoms with Gasteiger partial charge in [-0.25, -0.2) is 0 Å². The third-order valence-electron chi connectivity index (χ3n) is 4.36. The number of hydrogen-bond donors (Lipinski definition) is 1. The fourth-order valence-electron chi connectivity index (χ4n) is 3.03. The van der Waals surface area contributed by atoms with Crippen molar-refractivity contribution >= 4 is 0 Å². The molecule has 1 heterocycles. The minimum Gasteiger partial charge on any atom is -0.381 e. The Hall–Kier alpha value is -0.0800. The van der Waals surface area contributed by atoms with Crippen LogP contribution in [0.25, 0.3) is 0 Å². The molecule has 0 bridgehead atoms. The standard InChI is InChI=1S/C15H31NO/c1-4-15(16-3)13(2)7-5-6-8-14-9-11-17-12-10-14/h13-16H,4-12H2,1-3H3. The Bertz CT molecular complexity index is 174. The molecular weight excluding hydrogens is 210 g/mol. The van der Waals surface area contributed by atoms with Gasteiger partial charge in [-0.3, -0.25) is 0 Å². The van der Waals surface area contributed by atoms with Crippen molar-refractivity contribution in [3.05, 3.63) is 0 Å². The summed E-state index contributed by atoms with van der Waals surface area (Å²) in [5, 5.41) is 3.43. The van der Waals surface area contributed by atoms with Gasteiger partial charge in [0.05, 0.1) is 0 Å². The zero-order valence-corrected chi connectivity index (χ0v) is 12.0. The maximum atomic E-state index is 5.40. The van der Waals surface area contributed by atoms with Gasteiger partial charge in [-0.2, -0.15) is 0 Å². The number of ether oxygens (including phenoxy) is 1. The highest BCUT2D eigenvalue weighted by Gasteiger charge is 2.15. The Morgan fingerprint density at radius 1 is 1.24 bits per heavy atom. The van der Waals surface area contributed by atoms with Gasteiger partial charge in [0.15, 0.2) is 0 Å². The van der Waals surface area contributed by atoms with E-state index in [0.717, 1.165) is 25.0 Å². The molecule has 17 heavy (non-hydrogen) atoms. The second-order valence-corrected chi connectivity index (χ2v) is 5.62.